The SMILES string of the molecule is COc1cccc(F)c1-c1nccc(C(=O)Nc2ccc3c(ccn3CCN3CCOCC3)c2N2C[C@@H]3C[C@H]2CN3)n1. The summed E-state index contributed by atoms with van der Waals surface area (Å²) in [5, 5.41) is 7.81. The molecule has 3 aliphatic rings. The molecule has 2 N–H and O–H groups in total. The van der Waals surface area contributed by atoms with E-state index >= 15 is 0 Å². The van der Waals surface area contributed by atoms with E-state index in [4.69, 9.17) is 9.47 Å². The van der Waals surface area contributed by atoms with E-state index in [-0.39, 0.29) is 23.0 Å². The molecule has 218 valence electrons. The van der Waals surface area contributed by atoms with Gasteiger partial charge in [-0.25, -0.2) is 14.4 Å². The zero-order valence-electron chi connectivity index (χ0n) is 23.6. The van der Waals surface area contributed by atoms with E-state index in [2.05, 4.69) is 53.3 Å². The van der Waals surface area contributed by atoms with E-state index < -0.39 is 5.82 Å². The highest BCUT2D eigenvalue weighted by Crippen LogP contribution is 2.41. The first kappa shape index (κ1) is 26.8. The maximum atomic E-state index is 14.7. The van der Waals surface area contributed by atoms with Crippen LogP contribution in [0.25, 0.3) is 22.3 Å². The Labute approximate surface area is 243 Å². The monoisotopic (exact) mass is 571 g/mol. The van der Waals surface area contributed by atoms with Crippen LogP contribution in [0.2, 0.25) is 0 Å². The first-order valence-corrected chi connectivity index (χ1v) is 14.5. The van der Waals surface area contributed by atoms with Gasteiger partial charge in [-0.3, -0.25) is 9.69 Å². The molecular weight excluding hydrogens is 537 g/mol. The van der Waals surface area contributed by atoms with E-state index in [1.165, 1.54) is 25.4 Å². The van der Waals surface area contributed by atoms with Crippen LogP contribution < -0.4 is 20.3 Å². The molecule has 5 heterocycles. The number of nitrogens with zero attached hydrogens (tertiary/aromatic N) is 5. The Morgan fingerprint density at radius 2 is 2.05 bits per heavy atom. The maximum Gasteiger partial charge on any atom is 0.274 e. The molecule has 3 aliphatic heterocycles. The largest absolute Gasteiger partial charge is 0.496 e. The molecule has 7 rings (SSSR count). The van der Waals surface area contributed by atoms with Gasteiger partial charge < -0.3 is 29.6 Å². The third kappa shape index (κ3) is 4.97. The number of hydrogen-bond acceptors (Lipinski definition) is 8. The van der Waals surface area contributed by atoms with Crippen molar-refractivity contribution in [3.63, 3.8) is 0 Å². The van der Waals surface area contributed by atoms with Crippen molar-refractivity contribution >= 4 is 28.2 Å². The topological polar surface area (TPSA) is 96.8 Å². The molecule has 2 atom stereocenters. The minimum absolute atomic E-state index is 0.0912. The average Bonchev–Trinajstić information content (AvgIpc) is 3.77. The van der Waals surface area contributed by atoms with Crippen molar-refractivity contribution in [1.29, 1.82) is 0 Å². The lowest BCUT2D eigenvalue weighted by atomic mass is 10.1. The molecule has 3 fully saturated rings. The molecule has 0 saturated carbocycles. The van der Waals surface area contributed by atoms with Gasteiger partial charge in [0.2, 0.25) is 0 Å². The number of piperazine rings is 1. The zero-order valence-corrected chi connectivity index (χ0v) is 23.6. The number of halogens is 1. The van der Waals surface area contributed by atoms with Gasteiger partial charge in [0.15, 0.2) is 5.82 Å². The van der Waals surface area contributed by atoms with Gasteiger partial charge >= 0.3 is 0 Å². The molecule has 0 unspecified atom stereocenters. The Bertz CT molecular complexity index is 1620. The fraction of sp³-hybridized carbons (Fsp3) is 0.387. The molecule has 10 nitrogen and oxygen atoms in total. The summed E-state index contributed by atoms with van der Waals surface area (Å²) in [6.45, 7) is 7.13. The van der Waals surface area contributed by atoms with Gasteiger partial charge in [0.25, 0.3) is 5.91 Å². The van der Waals surface area contributed by atoms with E-state index in [0.717, 1.165) is 81.2 Å². The van der Waals surface area contributed by atoms with Crippen LogP contribution in [-0.4, -0.2) is 90.5 Å². The first-order valence-electron chi connectivity index (χ1n) is 14.5. The van der Waals surface area contributed by atoms with Crippen molar-refractivity contribution < 1.29 is 18.7 Å². The van der Waals surface area contributed by atoms with Crippen LogP contribution in [0.5, 0.6) is 5.75 Å². The molecule has 42 heavy (non-hydrogen) atoms. The number of anilines is 2. The fourth-order valence-electron chi connectivity index (χ4n) is 6.45. The second kappa shape index (κ2) is 11.3. The van der Waals surface area contributed by atoms with Gasteiger partial charge in [-0.1, -0.05) is 6.07 Å². The number of nitrogens with one attached hydrogen (secondary N) is 2. The van der Waals surface area contributed by atoms with Crippen molar-refractivity contribution in [2.75, 3.05) is 63.3 Å². The summed E-state index contributed by atoms with van der Waals surface area (Å²) in [5.74, 6) is -0.510. The number of fused-ring (bicyclic) bond motifs is 3. The van der Waals surface area contributed by atoms with E-state index in [1.54, 1.807) is 12.1 Å². The summed E-state index contributed by atoms with van der Waals surface area (Å²) in [7, 11) is 1.46. The summed E-state index contributed by atoms with van der Waals surface area (Å²) in [6.07, 6.45) is 4.69. The predicted molar refractivity (Wildman–Crippen MR) is 159 cm³/mol. The van der Waals surface area contributed by atoms with Gasteiger partial charge in [-0.2, -0.15) is 0 Å². The van der Waals surface area contributed by atoms with Crippen LogP contribution in [0.15, 0.2) is 54.9 Å². The third-order valence-corrected chi connectivity index (χ3v) is 8.58. The number of ether oxygens (including phenoxy) is 2. The van der Waals surface area contributed by atoms with Gasteiger partial charge in [0, 0.05) is 69.1 Å². The lowest BCUT2D eigenvalue weighted by molar-refractivity contribution is 0.0365. The predicted octanol–water partition coefficient (Wildman–Crippen LogP) is 3.38. The lowest BCUT2D eigenvalue weighted by Gasteiger charge is -2.32. The third-order valence-electron chi connectivity index (χ3n) is 8.58. The molecule has 2 aromatic carbocycles. The van der Waals surface area contributed by atoms with Crippen LogP contribution in [0.1, 0.15) is 16.9 Å². The Morgan fingerprint density at radius 1 is 1.17 bits per heavy atom. The van der Waals surface area contributed by atoms with Crippen molar-refractivity contribution in [2.45, 2.75) is 25.0 Å². The summed E-state index contributed by atoms with van der Waals surface area (Å²) < 4.78 is 27.9. The van der Waals surface area contributed by atoms with Crippen LogP contribution in [0, 0.1) is 5.82 Å². The minimum Gasteiger partial charge on any atom is -0.496 e. The summed E-state index contributed by atoms with van der Waals surface area (Å²) in [4.78, 5) is 27.1. The van der Waals surface area contributed by atoms with Gasteiger partial charge in [-0.15, -0.1) is 0 Å². The fourth-order valence-corrected chi connectivity index (χ4v) is 6.45. The van der Waals surface area contributed by atoms with Gasteiger partial charge in [-0.05, 0) is 42.8 Å². The minimum atomic E-state index is -0.518. The highest BCUT2D eigenvalue weighted by molar-refractivity contribution is 6.09. The highest BCUT2D eigenvalue weighted by Gasteiger charge is 2.39. The molecule has 11 heteroatoms. The number of hydrogen-bond donors (Lipinski definition) is 2. The number of methoxy groups -OCH3 is 1. The molecule has 2 aromatic heterocycles. The quantitative estimate of drug-likeness (QED) is 0.332. The standard InChI is InChI=1S/C31H34FN7O3/c1-41-27-4-2-3-23(32)28(27)30-33-9-7-25(35-30)31(40)36-24-5-6-26-22(29(24)39-19-20-17-21(39)18-34-20)8-10-38(26)12-11-37-13-15-42-16-14-37/h2-10,20-21,34H,11-19H2,1H3,(H,36,40)/t20-,21-/m0/s1. The number of benzene rings is 2. The molecule has 0 aliphatic carbocycles. The molecule has 0 radical (unpaired) electrons. The second-order valence-corrected chi connectivity index (χ2v) is 11.0. The normalized spacial score (nSPS) is 20.4. The number of amides is 1. The summed E-state index contributed by atoms with van der Waals surface area (Å²) in [6, 6.07) is 13.1. The maximum absolute atomic E-state index is 14.7. The van der Waals surface area contributed by atoms with Crippen LogP contribution in [0.4, 0.5) is 15.8 Å². The van der Waals surface area contributed by atoms with Crippen molar-refractivity contribution in [1.82, 2.24) is 24.8 Å². The van der Waals surface area contributed by atoms with E-state index in [0.29, 0.717) is 17.8 Å². The zero-order chi connectivity index (χ0) is 28.6. The molecule has 4 aromatic rings. The average molecular weight is 572 g/mol. The van der Waals surface area contributed by atoms with Gasteiger partial charge in [0.05, 0.1) is 42.8 Å². The first-order chi connectivity index (χ1) is 20.6. The van der Waals surface area contributed by atoms with Crippen LogP contribution >= 0.6 is 0 Å². The van der Waals surface area contributed by atoms with E-state index in [1.807, 2.05) is 6.07 Å². The Kier molecular flexibility index (Phi) is 7.22. The lowest BCUT2D eigenvalue weighted by Crippen LogP contribution is -2.44. The number of morpholine rings is 1. The number of rotatable bonds is 8. The van der Waals surface area contributed by atoms with Crippen LogP contribution in [0.3, 0.4) is 0 Å². The number of carbonyl (C=O) groups excluding carboxylic acids is 1. The molecule has 2 bridgehead atoms. The van der Waals surface area contributed by atoms with Crippen LogP contribution in [-0.2, 0) is 11.3 Å². The number of aromatic nitrogens is 3. The Balaban J connectivity index is 1.20. The van der Waals surface area contributed by atoms with Gasteiger partial charge in [0.1, 0.15) is 17.3 Å². The van der Waals surface area contributed by atoms with E-state index in [9.17, 15) is 9.18 Å². The van der Waals surface area contributed by atoms with Crippen molar-refractivity contribution in [3.05, 3.63) is 66.4 Å². The molecule has 3 saturated heterocycles. The van der Waals surface area contributed by atoms with Crippen molar-refractivity contribution in [2.24, 2.45) is 0 Å². The second-order valence-electron chi connectivity index (χ2n) is 11.0. The smallest absolute Gasteiger partial charge is 0.274 e. The molecule has 0 spiro atoms. The summed E-state index contributed by atoms with van der Waals surface area (Å²) >= 11 is 0. The van der Waals surface area contributed by atoms with Crippen molar-refractivity contribution in [3.8, 4) is 17.1 Å². The Hall–Kier alpha value is -4.06. The molecular formula is C31H34FN7O3. The molecule has 1 amide bonds. The number of carbonyl (C=O) groups is 1. The Morgan fingerprint density at radius 3 is 2.83 bits per heavy atom. The highest BCUT2D eigenvalue weighted by atomic mass is 19.1. The summed E-state index contributed by atoms with van der Waals surface area (Å²) in [5.41, 5.74) is 3.17.